The molecule has 1 amide bonds. The molecule has 2 N–H and O–H groups in total. The number of carboxylic acids is 1. The molecule has 0 aromatic heterocycles. The number of carbonyl (C=O) groups is 2. The zero-order valence-electron chi connectivity index (χ0n) is 11.1. The molecule has 2 saturated heterocycles. The van der Waals surface area contributed by atoms with E-state index >= 15 is 0 Å². The van der Waals surface area contributed by atoms with Crippen molar-refractivity contribution in [3.05, 3.63) is 0 Å². The van der Waals surface area contributed by atoms with Gasteiger partial charge in [0.2, 0.25) is 5.91 Å². The first-order chi connectivity index (χ1) is 8.47. The highest BCUT2D eigenvalue weighted by Crippen LogP contribution is 2.31. The minimum Gasteiger partial charge on any atom is -0.480 e. The van der Waals surface area contributed by atoms with Gasteiger partial charge < -0.3 is 15.3 Å². The van der Waals surface area contributed by atoms with Gasteiger partial charge in [-0.3, -0.25) is 4.79 Å². The predicted octanol–water partition coefficient (Wildman–Crippen LogP) is 0.698. The summed E-state index contributed by atoms with van der Waals surface area (Å²) in [5.41, 5.74) is -1.02. The van der Waals surface area contributed by atoms with E-state index in [1.54, 1.807) is 11.8 Å². The minimum atomic E-state index is -1.02. The highest BCUT2D eigenvalue weighted by atomic mass is 16.4. The number of amides is 1. The Balaban J connectivity index is 2.18. The Morgan fingerprint density at radius 1 is 1.33 bits per heavy atom. The van der Waals surface area contributed by atoms with Crippen LogP contribution in [0, 0.1) is 11.8 Å². The second-order valence-electron chi connectivity index (χ2n) is 5.77. The normalized spacial score (nSPS) is 36.7. The van der Waals surface area contributed by atoms with Crippen molar-refractivity contribution in [2.45, 2.75) is 38.6 Å². The fourth-order valence-corrected chi connectivity index (χ4v) is 3.04. The van der Waals surface area contributed by atoms with Crippen LogP contribution in [-0.2, 0) is 9.59 Å². The monoisotopic (exact) mass is 254 g/mol. The fraction of sp³-hybridized carbons (Fsp3) is 0.846. The highest BCUT2D eigenvalue weighted by molar-refractivity contribution is 5.88. The van der Waals surface area contributed by atoms with Gasteiger partial charge in [-0.2, -0.15) is 0 Å². The summed E-state index contributed by atoms with van der Waals surface area (Å²) >= 11 is 0. The molecule has 2 fully saturated rings. The maximum atomic E-state index is 12.6. The molecule has 0 radical (unpaired) electrons. The Kier molecular flexibility index (Phi) is 3.61. The standard InChI is InChI=1S/C13H22N2O3/c1-9-7-14-8-10(9)11(16)15-6-4-3-5-13(15,2)12(17)18/h9-10,14H,3-8H2,1-2H3,(H,17,18). The van der Waals surface area contributed by atoms with Gasteiger partial charge in [0, 0.05) is 13.1 Å². The van der Waals surface area contributed by atoms with E-state index in [-0.39, 0.29) is 17.7 Å². The van der Waals surface area contributed by atoms with Crippen molar-refractivity contribution in [3.63, 3.8) is 0 Å². The Morgan fingerprint density at radius 2 is 2.06 bits per heavy atom. The Labute approximate surface area is 108 Å². The van der Waals surface area contributed by atoms with Gasteiger partial charge in [-0.25, -0.2) is 4.79 Å². The van der Waals surface area contributed by atoms with Crippen molar-refractivity contribution >= 4 is 11.9 Å². The summed E-state index contributed by atoms with van der Waals surface area (Å²) in [6.07, 6.45) is 2.34. The van der Waals surface area contributed by atoms with Crippen LogP contribution >= 0.6 is 0 Å². The molecule has 18 heavy (non-hydrogen) atoms. The van der Waals surface area contributed by atoms with Crippen molar-refractivity contribution in [2.75, 3.05) is 19.6 Å². The summed E-state index contributed by atoms with van der Waals surface area (Å²) in [5, 5.41) is 12.6. The highest BCUT2D eigenvalue weighted by Gasteiger charge is 2.46. The molecule has 0 aliphatic carbocycles. The molecule has 3 atom stereocenters. The van der Waals surface area contributed by atoms with Crippen LogP contribution in [-0.4, -0.2) is 47.1 Å². The van der Waals surface area contributed by atoms with E-state index < -0.39 is 11.5 Å². The van der Waals surface area contributed by atoms with Gasteiger partial charge in [0.1, 0.15) is 5.54 Å². The lowest BCUT2D eigenvalue weighted by atomic mass is 9.86. The smallest absolute Gasteiger partial charge is 0.329 e. The van der Waals surface area contributed by atoms with Crippen molar-refractivity contribution in [1.29, 1.82) is 0 Å². The number of nitrogens with one attached hydrogen (secondary N) is 1. The average molecular weight is 254 g/mol. The number of carboxylic acid groups (broad SMARTS) is 1. The van der Waals surface area contributed by atoms with E-state index in [2.05, 4.69) is 5.32 Å². The SMILES string of the molecule is CC1CNCC1C(=O)N1CCCCC1(C)C(=O)O. The van der Waals surface area contributed by atoms with Crippen molar-refractivity contribution in [2.24, 2.45) is 11.8 Å². The number of nitrogens with zero attached hydrogens (tertiary/aromatic N) is 1. The van der Waals surface area contributed by atoms with Crippen LogP contribution in [0.2, 0.25) is 0 Å². The minimum absolute atomic E-state index is 0.0112. The molecular formula is C13H22N2O3. The fourth-order valence-electron chi connectivity index (χ4n) is 3.04. The second kappa shape index (κ2) is 4.88. The third-order valence-corrected chi connectivity index (χ3v) is 4.45. The Morgan fingerprint density at radius 3 is 2.61 bits per heavy atom. The van der Waals surface area contributed by atoms with Crippen LogP contribution in [0.5, 0.6) is 0 Å². The van der Waals surface area contributed by atoms with Crippen LogP contribution in [0.25, 0.3) is 0 Å². The summed E-state index contributed by atoms with van der Waals surface area (Å²) in [5.74, 6) is -0.648. The molecule has 2 aliphatic rings. The molecule has 5 heteroatoms. The lowest BCUT2D eigenvalue weighted by Crippen LogP contribution is -2.59. The molecule has 3 unspecified atom stereocenters. The second-order valence-corrected chi connectivity index (χ2v) is 5.77. The molecule has 0 spiro atoms. The summed E-state index contributed by atoms with van der Waals surface area (Å²) in [6.45, 7) is 5.81. The average Bonchev–Trinajstić information content (AvgIpc) is 2.75. The number of likely N-dealkylation sites (tertiary alicyclic amines) is 1. The Hall–Kier alpha value is -1.10. The number of rotatable bonds is 2. The van der Waals surface area contributed by atoms with Gasteiger partial charge >= 0.3 is 5.97 Å². The van der Waals surface area contributed by atoms with Crippen LogP contribution in [0.15, 0.2) is 0 Å². The zero-order chi connectivity index (χ0) is 13.3. The number of hydrogen-bond donors (Lipinski definition) is 2. The van der Waals surface area contributed by atoms with Crippen molar-refractivity contribution in [3.8, 4) is 0 Å². The van der Waals surface area contributed by atoms with E-state index in [1.165, 1.54) is 0 Å². The number of piperidine rings is 1. The predicted molar refractivity (Wildman–Crippen MR) is 67.1 cm³/mol. The third kappa shape index (κ3) is 2.11. The molecule has 0 aromatic carbocycles. The van der Waals surface area contributed by atoms with Crippen LogP contribution in [0.3, 0.4) is 0 Å². The molecule has 102 valence electrons. The quantitative estimate of drug-likeness (QED) is 0.761. The zero-order valence-corrected chi connectivity index (χ0v) is 11.1. The maximum Gasteiger partial charge on any atom is 0.329 e. The molecule has 2 aliphatic heterocycles. The summed E-state index contributed by atoms with van der Waals surface area (Å²) in [6, 6.07) is 0. The largest absolute Gasteiger partial charge is 0.480 e. The lowest BCUT2D eigenvalue weighted by molar-refractivity contribution is -0.163. The van der Waals surface area contributed by atoms with Gasteiger partial charge in [-0.15, -0.1) is 0 Å². The molecule has 0 aromatic rings. The van der Waals surface area contributed by atoms with E-state index in [0.29, 0.717) is 19.5 Å². The Bertz CT molecular complexity index is 358. The van der Waals surface area contributed by atoms with Gasteiger partial charge in [0.25, 0.3) is 0 Å². The number of aliphatic carboxylic acids is 1. The van der Waals surface area contributed by atoms with Gasteiger partial charge in [-0.1, -0.05) is 6.92 Å². The molecule has 0 saturated carbocycles. The first-order valence-electron chi connectivity index (χ1n) is 6.72. The molecule has 0 bridgehead atoms. The van der Waals surface area contributed by atoms with Gasteiger partial charge in [0.05, 0.1) is 5.92 Å². The van der Waals surface area contributed by atoms with E-state index in [0.717, 1.165) is 19.4 Å². The topological polar surface area (TPSA) is 69.6 Å². The first-order valence-corrected chi connectivity index (χ1v) is 6.72. The van der Waals surface area contributed by atoms with Gasteiger partial charge in [-0.05, 0) is 38.6 Å². The van der Waals surface area contributed by atoms with Crippen LogP contribution in [0.4, 0.5) is 0 Å². The van der Waals surface area contributed by atoms with E-state index in [9.17, 15) is 14.7 Å². The third-order valence-electron chi connectivity index (χ3n) is 4.45. The lowest BCUT2D eigenvalue weighted by Gasteiger charge is -2.43. The van der Waals surface area contributed by atoms with Crippen molar-refractivity contribution in [1.82, 2.24) is 10.2 Å². The summed E-state index contributed by atoms with van der Waals surface area (Å²) in [7, 11) is 0. The van der Waals surface area contributed by atoms with Crippen molar-refractivity contribution < 1.29 is 14.7 Å². The molecular weight excluding hydrogens is 232 g/mol. The summed E-state index contributed by atoms with van der Waals surface area (Å²) in [4.78, 5) is 25.6. The maximum absolute atomic E-state index is 12.6. The summed E-state index contributed by atoms with van der Waals surface area (Å²) < 4.78 is 0. The number of carbonyl (C=O) groups excluding carboxylic acids is 1. The van der Waals surface area contributed by atoms with E-state index in [4.69, 9.17) is 0 Å². The van der Waals surface area contributed by atoms with Gasteiger partial charge in [0.15, 0.2) is 0 Å². The van der Waals surface area contributed by atoms with Crippen LogP contribution < -0.4 is 5.32 Å². The molecule has 5 nitrogen and oxygen atoms in total. The van der Waals surface area contributed by atoms with E-state index in [1.807, 2.05) is 6.92 Å². The number of hydrogen-bond acceptors (Lipinski definition) is 3. The first kappa shape index (κ1) is 13.3. The molecule has 2 rings (SSSR count). The van der Waals surface area contributed by atoms with Crippen LogP contribution in [0.1, 0.15) is 33.1 Å². The molecule has 2 heterocycles.